The summed E-state index contributed by atoms with van der Waals surface area (Å²) in [5, 5.41) is 9.21. The number of hydrogen-bond donors (Lipinski definition) is 2. The van der Waals surface area contributed by atoms with Gasteiger partial charge in [-0.25, -0.2) is 4.98 Å². The molecule has 0 bridgehead atoms. The van der Waals surface area contributed by atoms with Gasteiger partial charge in [0, 0.05) is 28.2 Å². The van der Waals surface area contributed by atoms with Gasteiger partial charge in [-0.15, -0.1) is 11.3 Å². The van der Waals surface area contributed by atoms with Crippen LogP contribution in [0.2, 0.25) is 0 Å². The second kappa shape index (κ2) is 8.44. The normalized spacial score (nSPS) is 14.0. The minimum atomic E-state index is 0.134. The van der Waals surface area contributed by atoms with Crippen molar-refractivity contribution in [2.24, 2.45) is 5.92 Å². The smallest absolute Gasteiger partial charge is 0.227 e. The number of carbonyl (C=O) groups is 1. The number of rotatable bonds is 6. The third-order valence-corrected chi connectivity index (χ3v) is 5.76. The third kappa shape index (κ3) is 4.34. The molecule has 0 saturated heterocycles. The molecule has 0 unspecified atom stereocenters. The van der Waals surface area contributed by atoms with Gasteiger partial charge in [-0.05, 0) is 49.2 Å². The first-order valence-electron chi connectivity index (χ1n) is 9.49. The van der Waals surface area contributed by atoms with E-state index < -0.39 is 0 Å². The first-order valence-corrected chi connectivity index (χ1v) is 10.4. The number of benzene rings is 2. The summed E-state index contributed by atoms with van der Waals surface area (Å²) in [6, 6.07) is 15.6. The van der Waals surface area contributed by atoms with Gasteiger partial charge in [0.25, 0.3) is 0 Å². The Morgan fingerprint density at radius 3 is 2.64 bits per heavy atom. The summed E-state index contributed by atoms with van der Waals surface area (Å²) in [5.74, 6) is 1.11. The molecule has 1 aliphatic carbocycles. The van der Waals surface area contributed by atoms with Crippen molar-refractivity contribution in [3.63, 3.8) is 0 Å². The second-order valence-electron chi connectivity index (χ2n) is 6.94. The summed E-state index contributed by atoms with van der Waals surface area (Å²) >= 11 is 1.55. The first kappa shape index (κ1) is 18.5. The van der Waals surface area contributed by atoms with Crippen molar-refractivity contribution in [2.75, 3.05) is 17.7 Å². The lowest BCUT2D eigenvalue weighted by Gasteiger charge is -2.11. The van der Waals surface area contributed by atoms with E-state index in [4.69, 9.17) is 4.74 Å². The minimum Gasteiger partial charge on any atom is -0.497 e. The lowest BCUT2D eigenvalue weighted by molar-refractivity contribution is -0.119. The van der Waals surface area contributed by atoms with Gasteiger partial charge in [-0.2, -0.15) is 0 Å². The zero-order valence-corrected chi connectivity index (χ0v) is 16.6. The molecule has 0 spiro atoms. The maximum atomic E-state index is 12.4. The Morgan fingerprint density at radius 1 is 1.11 bits per heavy atom. The van der Waals surface area contributed by atoms with Crippen LogP contribution in [-0.2, 0) is 4.79 Å². The van der Waals surface area contributed by atoms with E-state index in [1.165, 1.54) is 0 Å². The van der Waals surface area contributed by atoms with E-state index in [0.29, 0.717) is 0 Å². The zero-order chi connectivity index (χ0) is 19.3. The topological polar surface area (TPSA) is 63.2 Å². The Hall–Kier alpha value is -2.86. The molecule has 144 valence electrons. The molecule has 0 aliphatic heterocycles. The molecular weight excluding hydrogens is 370 g/mol. The van der Waals surface area contributed by atoms with Gasteiger partial charge in [0.2, 0.25) is 5.91 Å². The van der Waals surface area contributed by atoms with Crippen molar-refractivity contribution in [3.8, 4) is 17.0 Å². The maximum absolute atomic E-state index is 12.4. The van der Waals surface area contributed by atoms with Crippen molar-refractivity contribution in [1.82, 2.24) is 4.98 Å². The van der Waals surface area contributed by atoms with E-state index in [9.17, 15) is 4.79 Å². The number of nitrogens with zero attached hydrogens (tertiary/aromatic N) is 1. The highest BCUT2D eigenvalue weighted by Crippen LogP contribution is 2.30. The van der Waals surface area contributed by atoms with Gasteiger partial charge in [-0.1, -0.05) is 25.0 Å². The molecule has 1 fully saturated rings. The monoisotopic (exact) mass is 393 g/mol. The number of anilines is 3. The Bertz CT molecular complexity index is 946. The molecule has 1 saturated carbocycles. The van der Waals surface area contributed by atoms with Crippen molar-refractivity contribution in [1.29, 1.82) is 0 Å². The van der Waals surface area contributed by atoms with Crippen LogP contribution in [0, 0.1) is 5.92 Å². The molecule has 2 N–H and O–H groups in total. The summed E-state index contributed by atoms with van der Waals surface area (Å²) in [7, 11) is 1.65. The van der Waals surface area contributed by atoms with Crippen LogP contribution in [0.25, 0.3) is 11.3 Å². The molecule has 28 heavy (non-hydrogen) atoms. The van der Waals surface area contributed by atoms with Gasteiger partial charge in [0.1, 0.15) is 5.75 Å². The Labute approximate surface area is 168 Å². The fourth-order valence-electron chi connectivity index (χ4n) is 3.45. The van der Waals surface area contributed by atoms with Crippen LogP contribution < -0.4 is 15.4 Å². The highest BCUT2D eigenvalue weighted by molar-refractivity contribution is 7.14. The number of carbonyl (C=O) groups excluding carboxylic acids is 1. The molecule has 1 heterocycles. The van der Waals surface area contributed by atoms with Crippen LogP contribution in [0.3, 0.4) is 0 Å². The largest absolute Gasteiger partial charge is 0.497 e. The summed E-state index contributed by atoms with van der Waals surface area (Å²) in [6.45, 7) is 0. The molecule has 4 rings (SSSR count). The van der Waals surface area contributed by atoms with Crippen molar-refractivity contribution < 1.29 is 9.53 Å². The number of nitrogens with one attached hydrogen (secondary N) is 2. The van der Waals surface area contributed by atoms with Gasteiger partial charge in [0.05, 0.1) is 12.8 Å². The summed E-state index contributed by atoms with van der Waals surface area (Å²) < 4.78 is 5.18. The second-order valence-corrected chi connectivity index (χ2v) is 7.80. The lowest BCUT2D eigenvalue weighted by Crippen LogP contribution is -2.20. The molecule has 5 nitrogen and oxygen atoms in total. The van der Waals surface area contributed by atoms with E-state index in [1.807, 2.05) is 53.9 Å². The number of amides is 1. The first-order chi connectivity index (χ1) is 13.7. The van der Waals surface area contributed by atoms with E-state index in [0.717, 1.165) is 59.2 Å². The Kier molecular flexibility index (Phi) is 5.58. The van der Waals surface area contributed by atoms with Crippen LogP contribution >= 0.6 is 11.3 Å². The number of hydrogen-bond acceptors (Lipinski definition) is 5. The van der Waals surface area contributed by atoms with Crippen LogP contribution in [0.5, 0.6) is 5.75 Å². The number of aromatic nitrogens is 1. The summed E-state index contributed by atoms with van der Waals surface area (Å²) in [5.41, 5.74) is 3.66. The zero-order valence-electron chi connectivity index (χ0n) is 15.8. The average molecular weight is 394 g/mol. The van der Waals surface area contributed by atoms with Crippen LogP contribution in [-0.4, -0.2) is 18.0 Å². The number of methoxy groups -OCH3 is 1. The molecule has 0 atom stereocenters. The fourth-order valence-corrected chi connectivity index (χ4v) is 4.19. The Morgan fingerprint density at radius 2 is 1.89 bits per heavy atom. The van der Waals surface area contributed by atoms with E-state index >= 15 is 0 Å². The van der Waals surface area contributed by atoms with Gasteiger partial charge < -0.3 is 15.4 Å². The summed E-state index contributed by atoms with van der Waals surface area (Å²) in [4.78, 5) is 17.1. The quantitative estimate of drug-likeness (QED) is 0.565. The Balaban J connectivity index is 1.44. The minimum absolute atomic E-state index is 0.134. The van der Waals surface area contributed by atoms with Crippen LogP contribution in [0.1, 0.15) is 25.7 Å². The molecule has 3 aromatic rings. The predicted octanol–water partition coefficient (Wildman–Crippen LogP) is 5.69. The summed E-state index contributed by atoms with van der Waals surface area (Å²) in [6.07, 6.45) is 4.30. The van der Waals surface area contributed by atoms with Crippen LogP contribution in [0.15, 0.2) is 53.9 Å². The average Bonchev–Trinajstić information content (AvgIpc) is 3.41. The van der Waals surface area contributed by atoms with Crippen molar-refractivity contribution >= 4 is 33.8 Å². The van der Waals surface area contributed by atoms with Crippen molar-refractivity contribution in [2.45, 2.75) is 25.7 Å². The van der Waals surface area contributed by atoms with Gasteiger partial charge >= 0.3 is 0 Å². The van der Waals surface area contributed by atoms with Crippen LogP contribution in [0.4, 0.5) is 16.5 Å². The third-order valence-electron chi connectivity index (χ3n) is 5.00. The SMILES string of the molecule is COc1ccc(Nc2nc(-c3cccc(NC(=O)C4CCCC4)c3)cs2)cc1. The number of ether oxygens (including phenoxy) is 1. The van der Waals surface area contributed by atoms with E-state index in [2.05, 4.69) is 15.6 Å². The molecule has 0 radical (unpaired) electrons. The highest BCUT2D eigenvalue weighted by atomic mass is 32.1. The lowest BCUT2D eigenvalue weighted by atomic mass is 10.1. The van der Waals surface area contributed by atoms with Gasteiger partial charge in [-0.3, -0.25) is 4.79 Å². The van der Waals surface area contributed by atoms with E-state index in [1.54, 1.807) is 18.4 Å². The molecule has 1 amide bonds. The standard InChI is InChI=1S/C22H23N3O2S/c1-27-19-11-9-17(10-12-19)24-22-25-20(14-28-22)16-7-4-8-18(13-16)23-21(26)15-5-2-3-6-15/h4,7-15H,2-3,5-6H2,1H3,(H,23,26)(H,24,25). The molecule has 1 aromatic heterocycles. The highest BCUT2D eigenvalue weighted by Gasteiger charge is 2.22. The molecule has 6 heteroatoms. The molecule has 1 aliphatic rings. The maximum Gasteiger partial charge on any atom is 0.227 e. The molecular formula is C22H23N3O2S. The molecule has 2 aromatic carbocycles. The van der Waals surface area contributed by atoms with E-state index in [-0.39, 0.29) is 11.8 Å². The van der Waals surface area contributed by atoms with Crippen molar-refractivity contribution in [3.05, 3.63) is 53.9 Å². The van der Waals surface area contributed by atoms with Gasteiger partial charge in [0.15, 0.2) is 5.13 Å². The predicted molar refractivity (Wildman–Crippen MR) is 114 cm³/mol. The fraction of sp³-hybridized carbons (Fsp3) is 0.273. The number of thiazole rings is 1.